The van der Waals surface area contributed by atoms with E-state index >= 15 is 0 Å². The highest BCUT2D eigenvalue weighted by molar-refractivity contribution is 9.10. The van der Waals surface area contributed by atoms with Crippen molar-refractivity contribution in [2.75, 3.05) is 5.75 Å². The van der Waals surface area contributed by atoms with Crippen LogP contribution in [0.4, 0.5) is 0 Å². The van der Waals surface area contributed by atoms with Gasteiger partial charge in [-0.15, -0.1) is 11.8 Å². The molecule has 0 aliphatic heterocycles. The van der Waals surface area contributed by atoms with Gasteiger partial charge in [0, 0.05) is 21.5 Å². The van der Waals surface area contributed by atoms with E-state index in [-0.39, 0.29) is 0 Å². The van der Waals surface area contributed by atoms with Crippen LogP contribution in [0.15, 0.2) is 51.8 Å². The summed E-state index contributed by atoms with van der Waals surface area (Å²) in [7, 11) is 0. The molecule has 2 aromatic carbocycles. The van der Waals surface area contributed by atoms with Gasteiger partial charge < -0.3 is 5.11 Å². The van der Waals surface area contributed by atoms with E-state index in [9.17, 15) is 5.11 Å². The topological polar surface area (TPSA) is 20.2 Å². The number of halogens is 3. The number of hydrogen-bond donors (Lipinski definition) is 1. The molecule has 0 aliphatic rings. The fourth-order valence-electron chi connectivity index (χ4n) is 1.74. The van der Waals surface area contributed by atoms with Gasteiger partial charge in [-0.2, -0.15) is 0 Å². The summed E-state index contributed by atoms with van der Waals surface area (Å²) in [5, 5.41) is 11.2. The SMILES string of the molecule is OC(CSc1ccc(Br)cc1)Cc1cccc(Cl)c1Cl. The highest BCUT2D eigenvalue weighted by Crippen LogP contribution is 2.27. The Balaban J connectivity index is 1.91. The molecular formula is C15H13BrCl2OS. The molecule has 0 aromatic heterocycles. The van der Waals surface area contributed by atoms with Crippen LogP contribution in [0.3, 0.4) is 0 Å². The van der Waals surface area contributed by atoms with Gasteiger partial charge in [-0.05, 0) is 35.9 Å². The molecular weight excluding hydrogens is 379 g/mol. The summed E-state index contributed by atoms with van der Waals surface area (Å²) < 4.78 is 1.05. The third-order valence-corrected chi connectivity index (χ3v) is 5.29. The Morgan fingerprint density at radius 1 is 1.10 bits per heavy atom. The van der Waals surface area contributed by atoms with E-state index in [0.29, 0.717) is 22.2 Å². The van der Waals surface area contributed by atoms with Crippen molar-refractivity contribution < 1.29 is 5.11 Å². The molecule has 0 aliphatic carbocycles. The van der Waals surface area contributed by atoms with Gasteiger partial charge in [0.25, 0.3) is 0 Å². The smallest absolute Gasteiger partial charge is 0.0674 e. The maximum Gasteiger partial charge on any atom is 0.0674 e. The molecule has 2 rings (SSSR count). The van der Waals surface area contributed by atoms with Gasteiger partial charge in [0.05, 0.1) is 16.1 Å². The first-order valence-corrected chi connectivity index (χ1v) is 8.59. The van der Waals surface area contributed by atoms with Crippen LogP contribution >= 0.6 is 50.9 Å². The summed E-state index contributed by atoms with van der Waals surface area (Å²) in [4.78, 5) is 1.13. The fourth-order valence-corrected chi connectivity index (χ4v) is 3.23. The molecule has 0 amide bonds. The van der Waals surface area contributed by atoms with E-state index in [1.165, 1.54) is 0 Å². The number of aliphatic hydroxyl groups is 1. The number of benzene rings is 2. The van der Waals surface area contributed by atoms with Crippen LogP contribution in [0.5, 0.6) is 0 Å². The van der Waals surface area contributed by atoms with Crippen LogP contribution in [-0.2, 0) is 6.42 Å². The lowest BCUT2D eigenvalue weighted by Gasteiger charge is -2.12. The van der Waals surface area contributed by atoms with Gasteiger partial charge in [0.1, 0.15) is 0 Å². The van der Waals surface area contributed by atoms with Crippen molar-refractivity contribution >= 4 is 50.9 Å². The summed E-state index contributed by atoms with van der Waals surface area (Å²) in [6.07, 6.45) is 0.0442. The third-order valence-electron chi connectivity index (χ3n) is 2.74. The number of rotatable bonds is 5. The minimum absolute atomic E-state index is 0.459. The standard InChI is InChI=1S/C15H13BrCl2OS/c16-11-4-6-13(7-5-11)20-9-12(19)8-10-2-1-3-14(17)15(10)18/h1-7,12,19H,8-9H2. The van der Waals surface area contributed by atoms with E-state index in [1.54, 1.807) is 17.8 Å². The molecule has 1 nitrogen and oxygen atoms in total. The van der Waals surface area contributed by atoms with Crippen molar-refractivity contribution in [1.29, 1.82) is 0 Å². The number of thioether (sulfide) groups is 1. The van der Waals surface area contributed by atoms with Crippen molar-refractivity contribution in [3.05, 3.63) is 62.5 Å². The lowest BCUT2D eigenvalue weighted by Crippen LogP contribution is -2.13. The highest BCUT2D eigenvalue weighted by Gasteiger charge is 2.11. The summed E-state index contributed by atoms with van der Waals surface area (Å²) in [6, 6.07) is 13.5. The van der Waals surface area contributed by atoms with Crippen molar-refractivity contribution in [2.45, 2.75) is 17.4 Å². The molecule has 1 unspecified atom stereocenters. The van der Waals surface area contributed by atoms with Gasteiger partial charge in [-0.25, -0.2) is 0 Å². The van der Waals surface area contributed by atoms with E-state index in [1.807, 2.05) is 36.4 Å². The quantitative estimate of drug-likeness (QED) is 0.683. The maximum absolute atomic E-state index is 10.1. The Morgan fingerprint density at radius 3 is 2.50 bits per heavy atom. The predicted molar refractivity (Wildman–Crippen MR) is 91.0 cm³/mol. The lowest BCUT2D eigenvalue weighted by atomic mass is 10.1. The van der Waals surface area contributed by atoms with Crippen LogP contribution in [0.1, 0.15) is 5.56 Å². The van der Waals surface area contributed by atoms with Crippen LogP contribution in [-0.4, -0.2) is 17.0 Å². The van der Waals surface area contributed by atoms with E-state index in [2.05, 4.69) is 15.9 Å². The molecule has 1 atom stereocenters. The largest absolute Gasteiger partial charge is 0.392 e. The average Bonchev–Trinajstić information content (AvgIpc) is 2.43. The zero-order valence-electron chi connectivity index (χ0n) is 10.5. The van der Waals surface area contributed by atoms with Crippen LogP contribution in [0.2, 0.25) is 10.0 Å². The average molecular weight is 392 g/mol. The van der Waals surface area contributed by atoms with Crippen LogP contribution in [0.25, 0.3) is 0 Å². The second-order valence-corrected chi connectivity index (χ2v) is 7.13. The minimum Gasteiger partial charge on any atom is -0.392 e. The van der Waals surface area contributed by atoms with Crippen molar-refractivity contribution in [3.63, 3.8) is 0 Å². The molecule has 20 heavy (non-hydrogen) atoms. The molecule has 0 heterocycles. The summed E-state index contributed by atoms with van der Waals surface area (Å²) in [6.45, 7) is 0. The lowest BCUT2D eigenvalue weighted by molar-refractivity contribution is 0.200. The summed E-state index contributed by atoms with van der Waals surface area (Å²) >= 11 is 17.1. The molecule has 0 bridgehead atoms. The monoisotopic (exact) mass is 390 g/mol. The normalized spacial score (nSPS) is 12.4. The molecule has 0 saturated heterocycles. The summed E-state index contributed by atoms with van der Waals surface area (Å²) in [5.74, 6) is 0.616. The zero-order chi connectivity index (χ0) is 14.5. The molecule has 0 fully saturated rings. The van der Waals surface area contributed by atoms with Crippen molar-refractivity contribution in [3.8, 4) is 0 Å². The molecule has 0 spiro atoms. The van der Waals surface area contributed by atoms with Crippen LogP contribution < -0.4 is 0 Å². The predicted octanol–water partition coefficient (Wildman–Crippen LogP) is 5.45. The Bertz CT molecular complexity index is 575. The van der Waals surface area contributed by atoms with E-state index in [4.69, 9.17) is 23.2 Å². The summed E-state index contributed by atoms with van der Waals surface area (Å²) in [5.41, 5.74) is 0.878. The van der Waals surface area contributed by atoms with Gasteiger partial charge >= 0.3 is 0 Å². The first-order chi connectivity index (χ1) is 9.56. The maximum atomic E-state index is 10.1. The van der Waals surface area contributed by atoms with Gasteiger partial charge in [-0.1, -0.05) is 51.3 Å². The zero-order valence-corrected chi connectivity index (χ0v) is 14.4. The third kappa shape index (κ3) is 4.68. The van der Waals surface area contributed by atoms with Crippen molar-refractivity contribution in [2.24, 2.45) is 0 Å². The molecule has 5 heteroatoms. The van der Waals surface area contributed by atoms with Crippen molar-refractivity contribution in [1.82, 2.24) is 0 Å². The molecule has 1 N–H and O–H groups in total. The fraction of sp³-hybridized carbons (Fsp3) is 0.200. The van der Waals surface area contributed by atoms with Gasteiger partial charge in [0.15, 0.2) is 0 Å². The Kier molecular flexibility index (Phi) is 6.24. The molecule has 0 saturated carbocycles. The van der Waals surface area contributed by atoms with Gasteiger partial charge in [-0.3, -0.25) is 0 Å². The molecule has 0 radical (unpaired) electrons. The van der Waals surface area contributed by atoms with E-state index < -0.39 is 6.10 Å². The van der Waals surface area contributed by atoms with Crippen LogP contribution in [0, 0.1) is 0 Å². The number of aliphatic hydroxyl groups excluding tert-OH is 1. The second-order valence-electron chi connectivity index (χ2n) is 4.34. The second kappa shape index (κ2) is 7.71. The Hall–Kier alpha value is -0.190. The first kappa shape index (κ1) is 16.2. The van der Waals surface area contributed by atoms with Gasteiger partial charge in [0.2, 0.25) is 0 Å². The van der Waals surface area contributed by atoms with E-state index in [0.717, 1.165) is 14.9 Å². The molecule has 2 aromatic rings. The Labute approximate surface area is 141 Å². The Morgan fingerprint density at radius 2 is 1.80 bits per heavy atom. The minimum atomic E-state index is -0.459. The first-order valence-electron chi connectivity index (χ1n) is 6.05. The number of hydrogen-bond acceptors (Lipinski definition) is 2. The highest BCUT2D eigenvalue weighted by atomic mass is 79.9. The molecule has 106 valence electrons.